The molecule has 1 atom stereocenters. The molecule has 1 aliphatic heterocycles. The lowest BCUT2D eigenvalue weighted by Crippen LogP contribution is -2.47. The maximum Gasteiger partial charge on any atom is 0.217 e. The van der Waals surface area contributed by atoms with Crippen molar-refractivity contribution >= 4 is 39.1 Å². The lowest BCUT2D eigenvalue weighted by molar-refractivity contribution is -0.119. The Kier molecular flexibility index (Phi) is 6.70. The highest BCUT2D eigenvalue weighted by Gasteiger charge is 2.23. The van der Waals surface area contributed by atoms with E-state index in [1.165, 1.54) is 4.88 Å². The van der Waals surface area contributed by atoms with Crippen molar-refractivity contribution in [3.8, 4) is 0 Å². The number of hydrogen-bond donors (Lipinski definition) is 2. The van der Waals surface area contributed by atoms with Crippen molar-refractivity contribution in [3.05, 3.63) is 20.8 Å². The molecule has 1 amide bonds. The molecule has 1 aromatic heterocycles. The predicted octanol–water partition coefficient (Wildman–Crippen LogP) is 2.56. The molecule has 1 saturated heterocycles. The van der Waals surface area contributed by atoms with Gasteiger partial charge in [-0.15, -0.1) is 11.3 Å². The van der Waals surface area contributed by atoms with Gasteiger partial charge >= 0.3 is 0 Å². The number of guanidine groups is 1. The maximum absolute atomic E-state index is 11.1. The number of piperidine rings is 1. The molecular weight excluding hydrogens is 364 g/mol. The Hall–Kier alpha value is -1.08. The molecule has 5 nitrogen and oxygen atoms in total. The van der Waals surface area contributed by atoms with Crippen LogP contribution >= 0.6 is 27.3 Å². The van der Waals surface area contributed by atoms with Crippen molar-refractivity contribution in [2.45, 2.75) is 32.7 Å². The molecule has 7 heteroatoms. The molecule has 1 unspecified atom stereocenters. The first-order valence-corrected chi connectivity index (χ1v) is 9.30. The highest BCUT2D eigenvalue weighted by molar-refractivity contribution is 9.10. The van der Waals surface area contributed by atoms with Gasteiger partial charge in [0.15, 0.2) is 5.96 Å². The van der Waals surface area contributed by atoms with Crippen LogP contribution in [0.4, 0.5) is 0 Å². The number of nitrogens with zero attached hydrogens (tertiary/aromatic N) is 2. The molecule has 0 aliphatic carbocycles. The molecule has 2 heterocycles. The number of primary amides is 1. The molecular formula is C15H23BrN4OS. The standard InChI is InChI=1S/C15H23BrN4OS/c1-2-18-15(19-8-13-7-12(16)10-22-13)20-5-3-4-11(9-20)6-14(17)21/h7,10-11H,2-6,8-9H2,1H3,(H2,17,21)(H,18,19). The van der Waals surface area contributed by atoms with Crippen LogP contribution in [0.3, 0.4) is 0 Å². The van der Waals surface area contributed by atoms with Gasteiger partial charge in [0.05, 0.1) is 6.54 Å². The second kappa shape index (κ2) is 8.53. The molecule has 0 spiro atoms. The van der Waals surface area contributed by atoms with E-state index in [1.54, 1.807) is 11.3 Å². The van der Waals surface area contributed by atoms with Gasteiger partial charge in [0, 0.05) is 40.8 Å². The first-order valence-electron chi connectivity index (χ1n) is 7.63. The molecule has 122 valence electrons. The number of amides is 1. The van der Waals surface area contributed by atoms with Gasteiger partial charge in [0.1, 0.15) is 0 Å². The van der Waals surface area contributed by atoms with Gasteiger partial charge in [-0.2, -0.15) is 0 Å². The fraction of sp³-hybridized carbons (Fsp3) is 0.600. The lowest BCUT2D eigenvalue weighted by Gasteiger charge is -2.34. The number of thiophene rings is 1. The van der Waals surface area contributed by atoms with Crippen molar-refractivity contribution in [2.24, 2.45) is 16.6 Å². The summed E-state index contributed by atoms with van der Waals surface area (Å²) in [5, 5.41) is 5.43. The summed E-state index contributed by atoms with van der Waals surface area (Å²) in [4.78, 5) is 19.4. The maximum atomic E-state index is 11.1. The van der Waals surface area contributed by atoms with Gasteiger partial charge < -0.3 is 16.0 Å². The van der Waals surface area contributed by atoms with E-state index >= 15 is 0 Å². The molecule has 0 aromatic carbocycles. The van der Waals surface area contributed by atoms with Crippen molar-refractivity contribution in [1.29, 1.82) is 0 Å². The van der Waals surface area contributed by atoms with Crippen LogP contribution in [0.15, 0.2) is 20.9 Å². The van der Waals surface area contributed by atoms with Gasteiger partial charge in [-0.25, -0.2) is 4.99 Å². The Morgan fingerprint density at radius 2 is 2.45 bits per heavy atom. The average molecular weight is 387 g/mol. The Labute approximate surface area is 144 Å². The van der Waals surface area contributed by atoms with Crippen LogP contribution in [0.5, 0.6) is 0 Å². The second-order valence-corrected chi connectivity index (χ2v) is 7.44. The number of hydrogen-bond acceptors (Lipinski definition) is 3. The third-order valence-corrected chi connectivity index (χ3v) is 5.33. The fourth-order valence-corrected chi connectivity index (χ4v) is 4.10. The van der Waals surface area contributed by atoms with E-state index in [2.05, 4.69) is 44.5 Å². The van der Waals surface area contributed by atoms with Crippen molar-refractivity contribution in [3.63, 3.8) is 0 Å². The lowest BCUT2D eigenvalue weighted by atomic mass is 9.95. The van der Waals surface area contributed by atoms with Crippen LogP contribution < -0.4 is 11.1 Å². The Bertz CT molecular complexity index is 531. The predicted molar refractivity (Wildman–Crippen MR) is 94.9 cm³/mol. The number of likely N-dealkylation sites (tertiary alicyclic amines) is 1. The van der Waals surface area contributed by atoms with E-state index in [4.69, 9.17) is 10.7 Å². The van der Waals surface area contributed by atoms with Crippen molar-refractivity contribution < 1.29 is 4.79 Å². The summed E-state index contributed by atoms with van der Waals surface area (Å²) in [6, 6.07) is 2.10. The van der Waals surface area contributed by atoms with E-state index in [0.29, 0.717) is 18.9 Å². The van der Waals surface area contributed by atoms with Gasteiger partial charge in [-0.1, -0.05) is 0 Å². The zero-order valence-electron chi connectivity index (χ0n) is 12.8. The molecule has 3 N–H and O–H groups in total. The van der Waals surface area contributed by atoms with Crippen LogP contribution in [0.25, 0.3) is 0 Å². The topological polar surface area (TPSA) is 70.7 Å². The van der Waals surface area contributed by atoms with Gasteiger partial charge in [0.25, 0.3) is 0 Å². The third kappa shape index (κ3) is 5.28. The van der Waals surface area contributed by atoms with E-state index in [9.17, 15) is 4.79 Å². The highest BCUT2D eigenvalue weighted by atomic mass is 79.9. The number of carbonyl (C=O) groups excluding carboxylic acids is 1. The van der Waals surface area contributed by atoms with Gasteiger partial charge in [-0.05, 0) is 47.7 Å². The molecule has 0 bridgehead atoms. The summed E-state index contributed by atoms with van der Waals surface area (Å²) in [7, 11) is 0. The number of halogens is 1. The monoisotopic (exact) mass is 386 g/mol. The van der Waals surface area contributed by atoms with Crippen LogP contribution in [0.2, 0.25) is 0 Å². The summed E-state index contributed by atoms with van der Waals surface area (Å²) in [5.41, 5.74) is 5.33. The van der Waals surface area contributed by atoms with E-state index in [0.717, 1.165) is 42.9 Å². The summed E-state index contributed by atoms with van der Waals surface area (Å²) in [5.74, 6) is 1.06. The fourth-order valence-electron chi connectivity index (χ4n) is 2.72. The minimum atomic E-state index is -0.211. The minimum absolute atomic E-state index is 0.211. The molecule has 22 heavy (non-hydrogen) atoms. The first-order chi connectivity index (χ1) is 10.6. The molecule has 1 fully saturated rings. The van der Waals surface area contributed by atoms with Gasteiger partial charge in [0.2, 0.25) is 5.91 Å². The Morgan fingerprint density at radius 1 is 1.64 bits per heavy atom. The number of nitrogens with two attached hydrogens (primary N) is 1. The second-order valence-electron chi connectivity index (χ2n) is 5.53. The summed E-state index contributed by atoms with van der Waals surface area (Å²) >= 11 is 5.17. The number of carbonyl (C=O) groups is 1. The van der Waals surface area contributed by atoms with Crippen LogP contribution in [0.1, 0.15) is 31.1 Å². The smallest absolute Gasteiger partial charge is 0.217 e. The first kappa shape index (κ1) is 17.3. The highest BCUT2D eigenvalue weighted by Crippen LogP contribution is 2.22. The largest absolute Gasteiger partial charge is 0.370 e. The number of aliphatic imine (C=N–C) groups is 1. The zero-order chi connectivity index (χ0) is 15.9. The quantitative estimate of drug-likeness (QED) is 0.603. The van der Waals surface area contributed by atoms with Crippen LogP contribution in [-0.4, -0.2) is 36.4 Å². The van der Waals surface area contributed by atoms with E-state index in [-0.39, 0.29) is 5.91 Å². The molecule has 1 aromatic rings. The van der Waals surface area contributed by atoms with Crippen LogP contribution in [0, 0.1) is 5.92 Å². The van der Waals surface area contributed by atoms with E-state index in [1.807, 2.05) is 0 Å². The van der Waals surface area contributed by atoms with Crippen LogP contribution in [-0.2, 0) is 11.3 Å². The SMILES string of the molecule is CCNC(=NCc1cc(Br)cs1)N1CCCC(CC(N)=O)C1. The van der Waals surface area contributed by atoms with E-state index < -0.39 is 0 Å². The molecule has 1 aliphatic rings. The molecule has 0 saturated carbocycles. The summed E-state index contributed by atoms with van der Waals surface area (Å²) < 4.78 is 1.10. The van der Waals surface area contributed by atoms with Crippen molar-refractivity contribution in [2.75, 3.05) is 19.6 Å². The molecule has 0 radical (unpaired) electrons. The summed E-state index contributed by atoms with van der Waals surface area (Å²) in [6.45, 7) is 5.42. The Morgan fingerprint density at radius 3 is 3.09 bits per heavy atom. The summed E-state index contributed by atoms with van der Waals surface area (Å²) in [6.07, 6.45) is 2.61. The van der Waals surface area contributed by atoms with Crippen molar-refractivity contribution in [1.82, 2.24) is 10.2 Å². The number of rotatable bonds is 5. The van der Waals surface area contributed by atoms with Gasteiger partial charge in [-0.3, -0.25) is 4.79 Å². The minimum Gasteiger partial charge on any atom is -0.370 e. The number of nitrogens with one attached hydrogen (secondary N) is 1. The Balaban J connectivity index is 2.01. The normalized spacial score (nSPS) is 19.3. The zero-order valence-corrected chi connectivity index (χ0v) is 15.3. The average Bonchev–Trinajstić information content (AvgIpc) is 2.88. The molecule has 2 rings (SSSR count). The third-order valence-electron chi connectivity index (χ3n) is 3.65.